The first-order valence-corrected chi connectivity index (χ1v) is 8.14. The van der Waals surface area contributed by atoms with Gasteiger partial charge >= 0.3 is 0 Å². The third kappa shape index (κ3) is 4.53. The van der Waals surface area contributed by atoms with Crippen molar-refractivity contribution in [1.82, 2.24) is 5.32 Å². The predicted molar refractivity (Wildman–Crippen MR) is 100 cm³/mol. The highest BCUT2D eigenvalue weighted by atomic mass is 79.9. The Hall–Kier alpha value is -1.92. The number of rotatable bonds is 3. The Morgan fingerprint density at radius 2 is 1.91 bits per heavy atom. The van der Waals surface area contributed by atoms with Crippen LogP contribution in [0.15, 0.2) is 40.9 Å². The molecular formula is C17H17BrN2O2S. The molecule has 0 saturated heterocycles. The van der Waals surface area contributed by atoms with Gasteiger partial charge in [0.15, 0.2) is 5.11 Å². The lowest BCUT2D eigenvalue weighted by Gasteiger charge is -2.13. The largest absolute Gasteiger partial charge is 0.496 e. The molecule has 0 bridgehead atoms. The van der Waals surface area contributed by atoms with Gasteiger partial charge < -0.3 is 10.1 Å². The van der Waals surface area contributed by atoms with E-state index in [0.29, 0.717) is 11.3 Å². The lowest BCUT2D eigenvalue weighted by Crippen LogP contribution is -2.34. The first-order valence-electron chi connectivity index (χ1n) is 6.94. The van der Waals surface area contributed by atoms with Crippen molar-refractivity contribution in [2.75, 3.05) is 12.4 Å². The molecule has 0 aliphatic rings. The van der Waals surface area contributed by atoms with E-state index >= 15 is 0 Å². The van der Waals surface area contributed by atoms with Crippen LogP contribution in [0.4, 0.5) is 5.69 Å². The molecule has 0 aliphatic heterocycles. The van der Waals surface area contributed by atoms with E-state index in [0.717, 1.165) is 21.3 Å². The highest BCUT2D eigenvalue weighted by molar-refractivity contribution is 9.10. The van der Waals surface area contributed by atoms with Gasteiger partial charge in [0, 0.05) is 10.2 Å². The van der Waals surface area contributed by atoms with Crippen molar-refractivity contribution in [3.8, 4) is 5.75 Å². The summed E-state index contributed by atoms with van der Waals surface area (Å²) in [5.41, 5.74) is 3.44. The van der Waals surface area contributed by atoms with Gasteiger partial charge in [0.1, 0.15) is 5.75 Å². The summed E-state index contributed by atoms with van der Waals surface area (Å²) in [6.07, 6.45) is 0. The van der Waals surface area contributed by atoms with Gasteiger partial charge in [0.05, 0.1) is 12.7 Å². The number of hydrogen-bond acceptors (Lipinski definition) is 3. The van der Waals surface area contributed by atoms with E-state index in [4.69, 9.17) is 17.0 Å². The molecule has 0 unspecified atom stereocenters. The fourth-order valence-electron chi connectivity index (χ4n) is 2.05. The van der Waals surface area contributed by atoms with Crippen LogP contribution in [0.3, 0.4) is 0 Å². The summed E-state index contributed by atoms with van der Waals surface area (Å²) < 4.78 is 6.00. The second-order valence-electron chi connectivity index (χ2n) is 5.07. The molecule has 1 amide bonds. The highest BCUT2D eigenvalue weighted by Crippen LogP contribution is 2.23. The number of methoxy groups -OCH3 is 1. The van der Waals surface area contributed by atoms with Gasteiger partial charge in [-0.1, -0.05) is 28.1 Å². The normalized spacial score (nSPS) is 10.1. The Morgan fingerprint density at radius 1 is 1.17 bits per heavy atom. The Bertz CT molecular complexity index is 762. The van der Waals surface area contributed by atoms with Crippen LogP contribution in [0.2, 0.25) is 0 Å². The van der Waals surface area contributed by atoms with E-state index in [1.54, 1.807) is 12.1 Å². The molecule has 2 rings (SSSR count). The second kappa shape index (κ2) is 7.57. The van der Waals surface area contributed by atoms with Crippen molar-refractivity contribution in [2.24, 2.45) is 0 Å². The number of benzene rings is 2. The maximum Gasteiger partial charge on any atom is 0.261 e. The Morgan fingerprint density at radius 3 is 2.61 bits per heavy atom. The minimum atomic E-state index is -0.328. The van der Waals surface area contributed by atoms with Gasteiger partial charge in [-0.15, -0.1) is 0 Å². The maximum absolute atomic E-state index is 12.4. The third-order valence-electron chi connectivity index (χ3n) is 3.27. The number of hydrogen-bond donors (Lipinski definition) is 2. The van der Waals surface area contributed by atoms with E-state index in [1.807, 2.05) is 38.1 Å². The number of anilines is 1. The summed E-state index contributed by atoms with van der Waals surface area (Å²) in [4.78, 5) is 12.4. The minimum absolute atomic E-state index is 0.241. The Kier molecular flexibility index (Phi) is 5.74. The SMILES string of the molecule is COc1ccc(Br)cc1C(=O)NC(=S)Nc1cc(C)ccc1C. The smallest absolute Gasteiger partial charge is 0.261 e. The Labute approximate surface area is 149 Å². The molecule has 0 aliphatic carbocycles. The number of nitrogens with one attached hydrogen (secondary N) is 2. The van der Waals surface area contributed by atoms with Crippen molar-refractivity contribution < 1.29 is 9.53 Å². The zero-order valence-electron chi connectivity index (χ0n) is 13.1. The molecule has 120 valence electrons. The number of halogens is 1. The molecule has 0 spiro atoms. The third-order valence-corrected chi connectivity index (χ3v) is 3.97. The van der Waals surface area contributed by atoms with Gasteiger partial charge in [0.25, 0.3) is 5.91 Å². The van der Waals surface area contributed by atoms with Crippen LogP contribution in [-0.2, 0) is 0 Å². The zero-order valence-corrected chi connectivity index (χ0v) is 15.5. The molecule has 2 aromatic rings. The molecule has 2 aromatic carbocycles. The molecule has 23 heavy (non-hydrogen) atoms. The summed E-state index contributed by atoms with van der Waals surface area (Å²) in [7, 11) is 1.52. The summed E-state index contributed by atoms with van der Waals surface area (Å²) >= 11 is 8.58. The second-order valence-corrected chi connectivity index (χ2v) is 6.40. The van der Waals surface area contributed by atoms with Crippen LogP contribution < -0.4 is 15.4 Å². The number of aryl methyl sites for hydroxylation is 2. The van der Waals surface area contributed by atoms with Gasteiger partial charge in [-0.2, -0.15) is 0 Å². The fourth-order valence-corrected chi connectivity index (χ4v) is 2.62. The van der Waals surface area contributed by atoms with Crippen LogP contribution in [0.5, 0.6) is 5.75 Å². The standard InChI is InChI=1S/C17H17BrN2O2S/c1-10-4-5-11(2)14(8-10)19-17(23)20-16(21)13-9-12(18)6-7-15(13)22-3/h4-9H,1-3H3,(H2,19,20,21,23). The molecule has 0 radical (unpaired) electrons. The topological polar surface area (TPSA) is 50.4 Å². The Balaban J connectivity index is 2.12. The molecule has 0 atom stereocenters. The summed E-state index contributed by atoms with van der Waals surface area (Å²) in [6.45, 7) is 3.97. The lowest BCUT2D eigenvalue weighted by molar-refractivity contribution is 0.0974. The zero-order chi connectivity index (χ0) is 17.0. The van der Waals surface area contributed by atoms with Crippen LogP contribution in [0, 0.1) is 13.8 Å². The number of amides is 1. The van der Waals surface area contributed by atoms with Crippen LogP contribution in [0.1, 0.15) is 21.5 Å². The van der Waals surface area contributed by atoms with E-state index in [1.165, 1.54) is 7.11 Å². The maximum atomic E-state index is 12.4. The average Bonchev–Trinajstić information content (AvgIpc) is 2.50. The summed E-state index contributed by atoms with van der Waals surface area (Å²) in [5, 5.41) is 5.97. The van der Waals surface area contributed by atoms with Crippen LogP contribution in [-0.4, -0.2) is 18.1 Å². The van der Waals surface area contributed by atoms with Gasteiger partial charge in [-0.05, 0) is 61.5 Å². The first-order chi connectivity index (χ1) is 10.9. The summed E-state index contributed by atoms with van der Waals surface area (Å²) in [5.74, 6) is 0.159. The van der Waals surface area contributed by atoms with Crippen molar-refractivity contribution in [3.05, 3.63) is 57.6 Å². The summed E-state index contributed by atoms with van der Waals surface area (Å²) in [6, 6.07) is 11.2. The molecular weight excluding hydrogens is 376 g/mol. The van der Waals surface area contributed by atoms with Gasteiger partial charge in [-0.3, -0.25) is 10.1 Å². The highest BCUT2D eigenvalue weighted by Gasteiger charge is 2.14. The van der Waals surface area contributed by atoms with Crippen molar-refractivity contribution >= 4 is 44.9 Å². The monoisotopic (exact) mass is 392 g/mol. The lowest BCUT2D eigenvalue weighted by atomic mass is 10.1. The molecule has 0 fully saturated rings. The van der Waals surface area contributed by atoms with E-state index in [2.05, 4.69) is 26.6 Å². The van der Waals surface area contributed by atoms with E-state index < -0.39 is 0 Å². The van der Waals surface area contributed by atoms with Gasteiger partial charge in [-0.25, -0.2) is 0 Å². The number of carbonyl (C=O) groups is 1. The molecule has 2 N–H and O–H groups in total. The number of thiocarbonyl (C=S) groups is 1. The van der Waals surface area contributed by atoms with Crippen LogP contribution in [0.25, 0.3) is 0 Å². The number of ether oxygens (including phenoxy) is 1. The first kappa shape index (κ1) is 17.4. The molecule has 0 heterocycles. The minimum Gasteiger partial charge on any atom is -0.496 e. The molecule has 6 heteroatoms. The average molecular weight is 393 g/mol. The van der Waals surface area contributed by atoms with Gasteiger partial charge in [0.2, 0.25) is 0 Å². The van der Waals surface area contributed by atoms with Crippen molar-refractivity contribution in [3.63, 3.8) is 0 Å². The van der Waals surface area contributed by atoms with E-state index in [9.17, 15) is 4.79 Å². The fraction of sp³-hybridized carbons (Fsp3) is 0.176. The van der Waals surface area contributed by atoms with Crippen molar-refractivity contribution in [1.29, 1.82) is 0 Å². The predicted octanol–water partition coefficient (Wildman–Crippen LogP) is 4.20. The quantitative estimate of drug-likeness (QED) is 0.768. The van der Waals surface area contributed by atoms with Crippen molar-refractivity contribution in [2.45, 2.75) is 13.8 Å². The van der Waals surface area contributed by atoms with E-state index in [-0.39, 0.29) is 11.0 Å². The molecule has 4 nitrogen and oxygen atoms in total. The molecule has 0 saturated carbocycles. The molecule has 0 aromatic heterocycles. The number of carbonyl (C=O) groups excluding carboxylic acids is 1. The van der Waals surface area contributed by atoms with Crippen LogP contribution >= 0.6 is 28.1 Å².